The number of nitriles is 1. The molecule has 0 fully saturated rings. The molecule has 0 radical (unpaired) electrons. The summed E-state index contributed by atoms with van der Waals surface area (Å²) < 4.78 is 10.4. The number of hydrogen-bond acceptors (Lipinski definition) is 6. The predicted octanol–water partition coefficient (Wildman–Crippen LogP) is 1.13. The third-order valence-electron chi connectivity index (χ3n) is 3.69. The Labute approximate surface area is 148 Å². The van der Waals surface area contributed by atoms with Gasteiger partial charge >= 0.3 is 0 Å². The number of carbonyl (C=O) groups is 1. The Balaban J connectivity index is 2.58. The van der Waals surface area contributed by atoms with Gasteiger partial charge in [-0.05, 0) is 30.5 Å². The zero-order chi connectivity index (χ0) is 18.7. The topological polar surface area (TPSA) is 104 Å². The van der Waals surface area contributed by atoms with Gasteiger partial charge in [0.05, 0.1) is 20.8 Å². The van der Waals surface area contributed by atoms with Crippen LogP contribution in [-0.4, -0.2) is 44.4 Å². The number of nitrogens with one attached hydrogen (secondary N) is 2. The number of ether oxygens (including phenoxy) is 2. The van der Waals surface area contributed by atoms with Gasteiger partial charge in [0.25, 0.3) is 5.91 Å². The number of aliphatic hydroxyl groups excluding tert-OH is 1. The van der Waals surface area contributed by atoms with E-state index in [4.69, 9.17) is 19.8 Å². The fourth-order valence-corrected chi connectivity index (χ4v) is 2.10. The molecular weight excluding hydrogens is 322 g/mol. The van der Waals surface area contributed by atoms with Gasteiger partial charge in [0.15, 0.2) is 11.5 Å². The monoisotopic (exact) mass is 347 g/mol. The number of nitrogens with zero attached hydrogens (tertiary/aromatic N) is 1. The van der Waals surface area contributed by atoms with E-state index in [1.807, 2.05) is 25.1 Å². The fraction of sp³-hybridized carbons (Fsp3) is 0.444. The van der Waals surface area contributed by atoms with E-state index in [-0.39, 0.29) is 18.2 Å². The van der Waals surface area contributed by atoms with E-state index in [9.17, 15) is 4.79 Å². The average Bonchev–Trinajstić information content (AvgIpc) is 2.65. The zero-order valence-corrected chi connectivity index (χ0v) is 14.8. The number of hydrogen-bond donors (Lipinski definition) is 3. The molecule has 1 unspecified atom stereocenters. The molecule has 0 spiro atoms. The number of aliphatic hydroxyl groups is 1. The number of benzene rings is 1. The van der Waals surface area contributed by atoms with Gasteiger partial charge in [0.2, 0.25) is 0 Å². The van der Waals surface area contributed by atoms with Crippen molar-refractivity contribution < 1.29 is 19.4 Å². The van der Waals surface area contributed by atoms with Crippen LogP contribution in [0.15, 0.2) is 30.0 Å². The first-order valence-corrected chi connectivity index (χ1v) is 8.05. The van der Waals surface area contributed by atoms with Gasteiger partial charge in [-0.3, -0.25) is 4.79 Å². The summed E-state index contributed by atoms with van der Waals surface area (Å²) in [5.74, 6) is 0.816. The molecular formula is C18H25N3O4. The molecule has 1 aromatic carbocycles. The maximum Gasteiger partial charge on any atom is 0.263 e. The zero-order valence-electron chi connectivity index (χ0n) is 14.8. The van der Waals surface area contributed by atoms with Gasteiger partial charge in [-0.25, -0.2) is 0 Å². The minimum atomic E-state index is -0.455. The van der Waals surface area contributed by atoms with Gasteiger partial charge < -0.3 is 25.2 Å². The van der Waals surface area contributed by atoms with Crippen LogP contribution in [-0.2, 0) is 11.2 Å². The van der Waals surface area contributed by atoms with Crippen molar-refractivity contribution in [1.29, 1.82) is 5.26 Å². The minimum Gasteiger partial charge on any atom is -0.493 e. The predicted molar refractivity (Wildman–Crippen MR) is 94.3 cm³/mol. The highest BCUT2D eigenvalue weighted by Crippen LogP contribution is 2.27. The van der Waals surface area contributed by atoms with E-state index >= 15 is 0 Å². The molecule has 0 aromatic heterocycles. The molecule has 0 bridgehead atoms. The van der Waals surface area contributed by atoms with Crippen LogP contribution in [0.2, 0.25) is 0 Å². The smallest absolute Gasteiger partial charge is 0.263 e. The van der Waals surface area contributed by atoms with E-state index in [1.165, 1.54) is 6.20 Å². The van der Waals surface area contributed by atoms with Crippen molar-refractivity contribution >= 4 is 5.91 Å². The molecule has 0 aliphatic heterocycles. The molecule has 0 heterocycles. The van der Waals surface area contributed by atoms with E-state index in [0.29, 0.717) is 30.9 Å². The molecule has 7 nitrogen and oxygen atoms in total. The number of amides is 1. The Hall–Kier alpha value is -2.72. The highest BCUT2D eigenvalue weighted by molar-refractivity contribution is 5.97. The van der Waals surface area contributed by atoms with Crippen molar-refractivity contribution in [2.24, 2.45) is 0 Å². The number of carbonyl (C=O) groups excluding carboxylic acids is 1. The molecule has 1 aromatic rings. The average molecular weight is 347 g/mol. The van der Waals surface area contributed by atoms with Crippen LogP contribution in [0.3, 0.4) is 0 Å². The van der Waals surface area contributed by atoms with Crippen LogP contribution in [0.1, 0.15) is 18.9 Å². The van der Waals surface area contributed by atoms with Crippen LogP contribution in [0.25, 0.3) is 0 Å². The molecule has 1 rings (SSSR count). The highest BCUT2D eigenvalue weighted by Gasteiger charge is 2.10. The third kappa shape index (κ3) is 6.36. The lowest BCUT2D eigenvalue weighted by atomic mass is 10.1. The Morgan fingerprint density at radius 1 is 1.36 bits per heavy atom. The Morgan fingerprint density at radius 3 is 2.64 bits per heavy atom. The normalized spacial score (nSPS) is 12.0. The van der Waals surface area contributed by atoms with Crippen LogP contribution >= 0.6 is 0 Å². The van der Waals surface area contributed by atoms with Crippen molar-refractivity contribution in [2.45, 2.75) is 25.8 Å². The maximum absolute atomic E-state index is 12.0. The molecule has 136 valence electrons. The fourth-order valence-electron chi connectivity index (χ4n) is 2.10. The lowest BCUT2D eigenvalue weighted by Gasteiger charge is -2.12. The third-order valence-corrected chi connectivity index (χ3v) is 3.69. The summed E-state index contributed by atoms with van der Waals surface area (Å²) >= 11 is 0. The van der Waals surface area contributed by atoms with Gasteiger partial charge in [0.1, 0.15) is 11.6 Å². The molecule has 0 saturated carbocycles. The van der Waals surface area contributed by atoms with E-state index in [0.717, 1.165) is 5.56 Å². The van der Waals surface area contributed by atoms with Gasteiger partial charge in [-0.2, -0.15) is 5.26 Å². The number of methoxy groups -OCH3 is 2. The second-order valence-corrected chi connectivity index (χ2v) is 5.32. The standard InChI is InChI=1S/C18H25N3O4/c1-4-15(12-22)21-11-14(10-19)18(23)20-8-7-13-5-6-16(24-2)17(9-13)25-3/h5-6,9,11,15,21-22H,4,7-8,12H2,1-3H3,(H,20,23)/b14-11-. The highest BCUT2D eigenvalue weighted by atomic mass is 16.5. The summed E-state index contributed by atoms with van der Waals surface area (Å²) in [5.41, 5.74) is 0.948. The van der Waals surface area contributed by atoms with E-state index in [2.05, 4.69) is 10.6 Å². The van der Waals surface area contributed by atoms with Crippen LogP contribution in [0.4, 0.5) is 0 Å². The summed E-state index contributed by atoms with van der Waals surface area (Å²) in [6, 6.07) is 7.22. The van der Waals surface area contributed by atoms with E-state index < -0.39 is 5.91 Å². The summed E-state index contributed by atoms with van der Waals surface area (Å²) in [7, 11) is 3.14. The van der Waals surface area contributed by atoms with Crippen molar-refractivity contribution in [3.8, 4) is 17.6 Å². The minimum absolute atomic E-state index is 0.0285. The van der Waals surface area contributed by atoms with Gasteiger partial charge in [-0.1, -0.05) is 13.0 Å². The van der Waals surface area contributed by atoms with Crippen molar-refractivity contribution in [1.82, 2.24) is 10.6 Å². The first-order chi connectivity index (χ1) is 12.1. The lowest BCUT2D eigenvalue weighted by Crippen LogP contribution is -2.31. The van der Waals surface area contributed by atoms with Crippen molar-refractivity contribution in [2.75, 3.05) is 27.4 Å². The van der Waals surface area contributed by atoms with Crippen molar-refractivity contribution in [3.63, 3.8) is 0 Å². The summed E-state index contributed by atoms with van der Waals surface area (Å²) in [5, 5.41) is 23.8. The molecule has 7 heteroatoms. The second kappa shape index (κ2) is 10.9. The van der Waals surface area contributed by atoms with Crippen molar-refractivity contribution in [3.05, 3.63) is 35.5 Å². The molecule has 0 aliphatic carbocycles. The maximum atomic E-state index is 12.0. The van der Waals surface area contributed by atoms with Crippen LogP contribution < -0.4 is 20.1 Å². The summed E-state index contributed by atoms with van der Waals surface area (Å²) in [6.07, 6.45) is 2.62. The van der Waals surface area contributed by atoms with Gasteiger partial charge in [-0.15, -0.1) is 0 Å². The summed E-state index contributed by atoms with van der Waals surface area (Å²) in [4.78, 5) is 12.0. The molecule has 0 saturated heterocycles. The van der Waals surface area contributed by atoms with E-state index in [1.54, 1.807) is 20.3 Å². The molecule has 1 atom stereocenters. The van der Waals surface area contributed by atoms with Crippen LogP contribution in [0.5, 0.6) is 11.5 Å². The molecule has 1 amide bonds. The van der Waals surface area contributed by atoms with Crippen LogP contribution in [0, 0.1) is 11.3 Å². The second-order valence-electron chi connectivity index (χ2n) is 5.32. The summed E-state index contributed by atoms with van der Waals surface area (Å²) in [6.45, 7) is 2.22. The largest absolute Gasteiger partial charge is 0.493 e. The first kappa shape index (κ1) is 20.3. The quantitative estimate of drug-likeness (QED) is 0.433. The molecule has 25 heavy (non-hydrogen) atoms. The first-order valence-electron chi connectivity index (χ1n) is 8.05. The Morgan fingerprint density at radius 2 is 2.08 bits per heavy atom. The lowest BCUT2D eigenvalue weighted by molar-refractivity contribution is -0.117. The Kier molecular flexibility index (Phi) is 8.90. The molecule has 0 aliphatic rings. The number of rotatable bonds is 10. The SMILES string of the molecule is CCC(CO)N/C=C(/C#N)C(=O)NCCc1ccc(OC)c(OC)c1. The Bertz CT molecular complexity index is 634. The molecule has 3 N–H and O–H groups in total. The van der Waals surface area contributed by atoms with Gasteiger partial charge in [0, 0.05) is 18.8 Å².